The molecule has 2 atom stereocenters. The van der Waals surface area contributed by atoms with E-state index in [-0.39, 0.29) is 18.5 Å². The monoisotopic (exact) mass is 396 g/mol. The first kappa shape index (κ1) is 19.2. The molecule has 2 heterocycles. The number of rotatable bonds is 6. The smallest absolute Gasteiger partial charge is 0.325 e. The predicted octanol–water partition coefficient (Wildman–Crippen LogP) is 1.39. The molecule has 4 rings (SSSR count). The normalized spacial score (nSPS) is 21.6. The van der Waals surface area contributed by atoms with Gasteiger partial charge in [-0.1, -0.05) is 24.3 Å². The molecule has 0 bridgehead atoms. The number of likely N-dealkylation sites (N-methyl/N-ethyl adjacent to an activating group) is 1. The lowest BCUT2D eigenvalue weighted by molar-refractivity contribution is -0.135. The molecule has 1 aromatic carbocycles. The van der Waals surface area contributed by atoms with E-state index in [4.69, 9.17) is 4.42 Å². The number of imide groups is 1. The van der Waals surface area contributed by atoms with E-state index in [1.54, 1.807) is 12.3 Å². The van der Waals surface area contributed by atoms with Gasteiger partial charge in [-0.2, -0.15) is 0 Å². The second-order valence-corrected chi connectivity index (χ2v) is 7.68. The van der Waals surface area contributed by atoms with Crippen molar-refractivity contribution in [3.8, 4) is 0 Å². The molecule has 0 radical (unpaired) electrons. The molecule has 1 aliphatic carbocycles. The molecule has 2 N–H and O–H groups in total. The van der Waals surface area contributed by atoms with Crippen molar-refractivity contribution in [2.45, 2.75) is 24.4 Å². The van der Waals surface area contributed by atoms with Crippen molar-refractivity contribution in [2.24, 2.45) is 0 Å². The van der Waals surface area contributed by atoms with Gasteiger partial charge < -0.3 is 15.1 Å². The average molecular weight is 396 g/mol. The molecule has 2 aromatic rings. The highest BCUT2D eigenvalue weighted by atomic mass is 16.3. The van der Waals surface area contributed by atoms with Gasteiger partial charge in [0.1, 0.15) is 17.8 Å². The lowest BCUT2D eigenvalue weighted by Gasteiger charge is -2.23. The molecular formula is C21H24N4O4. The van der Waals surface area contributed by atoms with Crippen LogP contribution in [0.5, 0.6) is 0 Å². The van der Waals surface area contributed by atoms with Crippen molar-refractivity contribution < 1.29 is 18.8 Å². The first-order valence-corrected chi connectivity index (χ1v) is 9.61. The van der Waals surface area contributed by atoms with Crippen LogP contribution in [0.4, 0.5) is 4.79 Å². The molecule has 8 heteroatoms. The van der Waals surface area contributed by atoms with Gasteiger partial charge in [-0.15, -0.1) is 0 Å². The van der Waals surface area contributed by atoms with Gasteiger partial charge in [0.05, 0.1) is 12.3 Å². The lowest BCUT2D eigenvalue weighted by atomic mass is 9.92. The largest absolute Gasteiger partial charge is 0.468 e. The van der Waals surface area contributed by atoms with Crippen molar-refractivity contribution >= 4 is 17.8 Å². The number of fused-ring (bicyclic) bond motifs is 2. The fraction of sp³-hybridized carbons (Fsp3) is 0.381. The quantitative estimate of drug-likeness (QED) is 0.720. The van der Waals surface area contributed by atoms with Gasteiger partial charge in [0.15, 0.2) is 0 Å². The van der Waals surface area contributed by atoms with E-state index in [1.165, 1.54) is 0 Å². The van der Waals surface area contributed by atoms with E-state index >= 15 is 0 Å². The third kappa shape index (κ3) is 3.29. The van der Waals surface area contributed by atoms with E-state index < -0.39 is 17.5 Å². The first-order chi connectivity index (χ1) is 13.9. The second-order valence-electron chi connectivity index (χ2n) is 7.68. The summed E-state index contributed by atoms with van der Waals surface area (Å²) in [6.45, 7) is -0.0101. The van der Waals surface area contributed by atoms with Crippen LogP contribution in [0, 0.1) is 0 Å². The van der Waals surface area contributed by atoms with Gasteiger partial charge in [0.25, 0.3) is 5.91 Å². The van der Waals surface area contributed by atoms with E-state index in [0.29, 0.717) is 13.0 Å². The number of amides is 4. The third-order valence-corrected chi connectivity index (χ3v) is 5.71. The molecule has 1 spiro atoms. The van der Waals surface area contributed by atoms with E-state index in [9.17, 15) is 14.4 Å². The molecule has 2 aliphatic rings. The number of carbonyl (C=O) groups is 3. The van der Waals surface area contributed by atoms with Gasteiger partial charge in [-0.25, -0.2) is 4.79 Å². The molecule has 4 amide bonds. The van der Waals surface area contributed by atoms with Gasteiger partial charge in [-0.3, -0.25) is 19.4 Å². The second kappa shape index (κ2) is 7.36. The van der Waals surface area contributed by atoms with Crippen LogP contribution in [-0.2, 0) is 21.5 Å². The summed E-state index contributed by atoms with van der Waals surface area (Å²) in [7, 11) is 3.77. The summed E-state index contributed by atoms with van der Waals surface area (Å²) < 4.78 is 5.43. The average Bonchev–Trinajstić information content (AvgIpc) is 3.39. The summed E-state index contributed by atoms with van der Waals surface area (Å²) in [5.74, 6) is -0.0279. The molecule has 1 aromatic heterocycles. The number of benzene rings is 1. The van der Waals surface area contributed by atoms with Crippen molar-refractivity contribution in [3.05, 3.63) is 59.5 Å². The highest BCUT2D eigenvalue weighted by Crippen LogP contribution is 2.41. The zero-order chi connectivity index (χ0) is 20.6. The lowest BCUT2D eigenvalue weighted by Crippen LogP contribution is -2.44. The summed E-state index contributed by atoms with van der Waals surface area (Å²) in [4.78, 5) is 41.1. The van der Waals surface area contributed by atoms with Gasteiger partial charge >= 0.3 is 6.03 Å². The summed E-state index contributed by atoms with van der Waals surface area (Å²) in [6, 6.07) is 10.6. The topological polar surface area (TPSA) is 94.9 Å². The van der Waals surface area contributed by atoms with E-state index in [1.807, 2.05) is 49.3 Å². The zero-order valence-corrected chi connectivity index (χ0v) is 16.5. The standard InChI is InChI=1S/C21H24N4O4/c1-24(2)16(17-8-5-11-29-17)12-22-18(26)13-25-19(27)21(23-20(25)28)10-9-14-6-3-4-7-15(14)21/h3-8,11,16H,9-10,12-13H2,1-2H3,(H,22,26)(H,23,28)/t16-,21-/m1/s1. The minimum absolute atomic E-state index is 0.148. The number of hydrogen-bond donors (Lipinski definition) is 2. The van der Waals surface area contributed by atoms with Crippen molar-refractivity contribution in [1.82, 2.24) is 20.4 Å². The Labute approximate surface area is 168 Å². The predicted molar refractivity (Wildman–Crippen MR) is 105 cm³/mol. The Morgan fingerprint density at radius 3 is 2.79 bits per heavy atom. The molecule has 1 aliphatic heterocycles. The maximum atomic E-state index is 13.1. The van der Waals surface area contributed by atoms with Crippen LogP contribution in [0.25, 0.3) is 0 Å². The van der Waals surface area contributed by atoms with Crippen molar-refractivity contribution in [2.75, 3.05) is 27.2 Å². The Morgan fingerprint density at radius 2 is 2.07 bits per heavy atom. The zero-order valence-electron chi connectivity index (χ0n) is 16.5. The fourth-order valence-corrected chi connectivity index (χ4v) is 4.16. The number of carbonyl (C=O) groups excluding carboxylic acids is 3. The van der Waals surface area contributed by atoms with Gasteiger partial charge in [-0.05, 0) is 50.2 Å². The van der Waals surface area contributed by atoms with Crippen molar-refractivity contribution in [1.29, 1.82) is 0 Å². The summed E-state index contributed by atoms with van der Waals surface area (Å²) in [5.41, 5.74) is 0.834. The maximum Gasteiger partial charge on any atom is 0.325 e. The molecule has 1 saturated heterocycles. The molecule has 0 unspecified atom stereocenters. The SMILES string of the molecule is CN(C)[C@H](CNC(=O)CN1C(=O)N[C@@]2(CCc3ccccc32)C1=O)c1ccco1. The number of nitrogens with zero attached hydrogens (tertiary/aromatic N) is 2. The van der Waals surface area contributed by atoms with Crippen molar-refractivity contribution in [3.63, 3.8) is 0 Å². The molecule has 29 heavy (non-hydrogen) atoms. The van der Waals surface area contributed by atoms with Crippen LogP contribution < -0.4 is 10.6 Å². The number of furan rings is 1. The Kier molecular flexibility index (Phi) is 4.87. The number of urea groups is 1. The Bertz CT molecular complexity index is 940. The van der Waals surface area contributed by atoms with Gasteiger partial charge in [0.2, 0.25) is 5.91 Å². The van der Waals surface area contributed by atoms with E-state index in [2.05, 4.69) is 10.6 Å². The fourth-order valence-electron chi connectivity index (χ4n) is 4.16. The van der Waals surface area contributed by atoms with E-state index in [0.717, 1.165) is 28.2 Å². The maximum absolute atomic E-state index is 13.1. The molecular weight excluding hydrogens is 372 g/mol. The summed E-state index contributed by atoms with van der Waals surface area (Å²) >= 11 is 0. The Morgan fingerprint density at radius 1 is 1.28 bits per heavy atom. The van der Waals surface area contributed by atoms with Crippen LogP contribution in [0.15, 0.2) is 47.1 Å². The Balaban J connectivity index is 1.43. The highest BCUT2D eigenvalue weighted by molar-refractivity contribution is 6.09. The summed E-state index contributed by atoms with van der Waals surface area (Å²) in [6.07, 6.45) is 2.81. The molecule has 0 saturated carbocycles. The van der Waals surface area contributed by atoms with Crippen LogP contribution in [0.3, 0.4) is 0 Å². The Hall–Kier alpha value is -3.13. The number of hydrogen-bond acceptors (Lipinski definition) is 5. The molecule has 152 valence electrons. The van der Waals surface area contributed by atoms with Crippen LogP contribution >= 0.6 is 0 Å². The van der Waals surface area contributed by atoms with Crippen LogP contribution in [0.2, 0.25) is 0 Å². The number of nitrogens with one attached hydrogen (secondary N) is 2. The minimum atomic E-state index is -1.05. The molecule has 8 nitrogen and oxygen atoms in total. The number of aryl methyl sites for hydroxylation is 1. The molecule has 1 fully saturated rings. The highest BCUT2D eigenvalue weighted by Gasteiger charge is 2.55. The van der Waals surface area contributed by atoms with Crippen LogP contribution in [-0.4, -0.2) is 54.8 Å². The van der Waals surface area contributed by atoms with Gasteiger partial charge in [0, 0.05) is 6.54 Å². The third-order valence-electron chi connectivity index (χ3n) is 5.71. The summed E-state index contributed by atoms with van der Waals surface area (Å²) in [5, 5.41) is 5.63. The minimum Gasteiger partial charge on any atom is -0.468 e. The van der Waals surface area contributed by atoms with Crippen LogP contribution in [0.1, 0.15) is 29.3 Å². The first-order valence-electron chi connectivity index (χ1n) is 9.61.